The molecule has 0 amide bonds. The van der Waals surface area contributed by atoms with Crippen molar-refractivity contribution in [3.63, 3.8) is 0 Å². The topological polar surface area (TPSA) is 46.5 Å². The second kappa shape index (κ2) is 9.54. The molecule has 1 N–H and O–H groups in total. The molecule has 0 spiro atoms. The monoisotopic (exact) mass is 212 g/mol. The minimum absolute atomic E-state index is 0.273. The predicted octanol–water partition coefficient (Wildman–Crippen LogP) is 1.88. The maximum atomic E-state index is 11.0. The van der Waals surface area contributed by atoms with Gasteiger partial charge in [-0.1, -0.05) is 26.2 Å². The van der Waals surface area contributed by atoms with Crippen LogP contribution in [0.3, 0.4) is 0 Å². The first-order valence-electron chi connectivity index (χ1n) is 5.52. The molecule has 1 unspecified atom stereocenters. The van der Waals surface area contributed by atoms with Gasteiger partial charge in [-0.25, -0.2) is 4.79 Å². The molecule has 0 fully saturated rings. The Kier molecular flexibility index (Phi) is 8.90. The van der Waals surface area contributed by atoms with Crippen LogP contribution >= 0.6 is 0 Å². The molecule has 0 heterocycles. The second-order valence-electron chi connectivity index (χ2n) is 3.30. The third-order valence-electron chi connectivity index (χ3n) is 1.91. The van der Waals surface area contributed by atoms with Gasteiger partial charge in [0.2, 0.25) is 0 Å². The van der Waals surface area contributed by atoms with Crippen molar-refractivity contribution in [1.29, 1.82) is 0 Å². The molecule has 3 nitrogen and oxygen atoms in total. The summed E-state index contributed by atoms with van der Waals surface area (Å²) in [6.07, 6.45) is 3.11. The summed E-state index contributed by atoms with van der Waals surface area (Å²) in [5.74, 6) is 5.37. The zero-order valence-electron chi connectivity index (χ0n) is 9.58. The Morgan fingerprint density at radius 1 is 1.33 bits per heavy atom. The van der Waals surface area contributed by atoms with Crippen molar-refractivity contribution in [2.75, 3.05) is 6.61 Å². The number of esters is 1. The molecular weight excluding hydrogens is 192 g/mol. The molecule has 86 valence electrons. The SMILES string of the molecule is CCCCC#CCCOC(=O)C(O)CC. The Morgan fingerprint density at radius 2 is 2.00 bits per heavy atom. The molecule has 1 atom stereocenters. The van der Waals surface area contributed by atoms with Crippen molar-refractivity contribution in [3.05, 3.63) is 0 Å². The summed E-state index contributed by atoms with van der Waals surface area (Å²) < 4.78 is 4.81. The van der Waals surface area contributed by atoms with Gasteiger partial charge in [0.1, 0.15) is 6.61 Å². The van der Waals surface area contributed by atoms with E-state index in [1.807, 2.05) is 0 Å². The van der Waals surface area contributed by atoms with Crippen LogP contribution in [-0.4, -0.2) is 23.8 Å². The summed E-state index contributed by atoms with van der Waals surface area (Å²) in [4.78, 5) is 11.0. The highest BCUT2D eigenvalue weighted by atomic mass is 16.5. The summed E-state index contributed by atoms with van der Waals surface area (Å²) in [5, 5.41) is 9.09. The van der Waals surface area contributed by atoms with Crippen LogP contribution in [0.2, 0.25) is 0 Å². The molecule has 0 rings (SSSR count). The summed E-state index contributed by atoms with van der Waals surface area (Å²) in [6.45, 7) is 4.13. The summed E-state index contributed by atoms with van der Waals surface area (Å²) in [5.41, 5.74) is 0. The van der Waals surface area contributed by atoms with E-state index in [0.717, 1.165) is 19.3 Å². The van der Waals surface area contributed by atoms with Crippen molar-refractivity contribution < 1.29 is 14.6 Å². The molecule has 0 aromatic heterocycles. The molecule has 0 saturated heterocycles. The lowest BCUT2D eigenvalue weighted by Gasteiger charge is -2.06. The van der Waals surface area contributed by atoms with Gasteiger partial charge in [0.05, 0.1) is 0 Å². The minimum Gasteiger partial charge on any atom is -0.463 e. The van der Waals surface area contributed by atoms with Gasteiger partial charge in [-0.15, -0.1) is 5.92 Å². The molecule has 0 aliphatic rings. The highest BCUT2D eigenvalue weighted by Gasteiger charge is 2.12. The number of hydrogen-bond donors (Lipinski definition) is 1. The molecule has 0 aliphatic heterocycles. The maximum Gasteiger partial charge on any atom is 0.334 e. The van der Waals surface area contributed by atoms with E-state index in [1.54, 1.807) is 6.92 Å². The average molecular weight is 212 g/mol. The van der Waals surface area contributed by atoms with Gasteiger partial charge >= 0.3 is 5.97 Å². The van der Waals surface area contributed by atoms with Gasteiger partial charge in [0.15, 0.2) is 6.10 Å². The molecule has 0 aliphatic carbocycles. The maximum absolute atomic E-state index is 11.0. The largest absolute Gasteiger partial charge is 0.463 e. The molecule has 0 saturated carbocycles. The fraction of sp³-hybridized carbons (Fsp3) is 0.750. The summed E-state index contributed by atoms with van der Waals surface area (Å²) in [7, 11) is 0. The number of carbonyl (C=O) groups is 1. The number of aliphatic hydroxyl groups excluding tert-OH is 1. The Morgan fingerprint density at radius 3 is 2.60 bits per heavy atom. The van der Waals surface area contributed by atoms with Crippen LogP contribution in [0.1, 0.15) is 46.0 Å². The van der Waals surface area contributed by atoms with Crippen molar-refractivity contribution in [2.45, 2.75) is 52.1 Å². The van der Waals surface area contributed by atoms with E-state index in [1.165, 1.54) is 0 Å². The quantitative estimate of drug-likeness (QED) is 0.415. The molecule has 0 radical (unpaired) electrons. The minimum atomic E-state index is -0.988. The molecule has 0 bridgehead atoms. The fourth-order valence-corrected chi connectivity index (χ4v) is 0.907. The Labute approximate surface area is 91.8 Å². The van der Waals surface area contributed by atoms with E-state index in [9.17, 15) is 4.79 Å². The number of rotatable bonds is 6. The van der Waals surface area contributed by atoms with Gasteiger partial charge in [-0.05, 0) is 12.8 Å². The van der Waals surface area contributed by atoms with Crippen molar-refractivity contribution in [2.24, 2.45) is 0 Å². The molecule has 3 heteroatoms. The third kappa shape index (κ3) is 8.02. The third-order valence-corrected chi connectivity index (χ3v) is 1.91. The first kappa shape index (κ1) is 14.0. The van der Waals surface area contributed by atoms with Gasteiger partial charge in [-0.3, -0.25) is 0 Å². The lowest BCUT2D eigenvalue weighted by molar-refractivity contribution is -0.153. The fourth-order valence-electron chi connectivity index (χ4n) is 0.907. The first-order chi connectivity index (χ1) is 7.22. The standard InChI is InChI=1S/C12H20O3/c1-3-5-6-7-8-9-10-15-12(14)11(13)4-2/h11,13H,3-6,9-10H2,1-2H3. The second-order valence-corrected chi connectivity index (χ2v) is 3.30. The van der Waals surface area contributed by atoms with E-state index in [4.69, 9.17) is 9.84 Å². The highest BCUT2D eigenvalue weighted by Crippen LogP contribution is 1.95. The average Bonchev–Trinajstić information content (AvgIpc) is 2.26. The number of unbranched alkanes of at least 4 members (excludes halogenated alkanes) is 2. The van der Waals surface area contributed by atoms with E-state index in [-0.39, 0.29) is 6.61 Å². The van der Waals surface area contributed by atoms with E-state index >= 15 is 0 Å². The van der Waals surface area contributed by atoms with Gasteiger partial charge in [0.25, 0.3) is 0 Å². The first-order valence-corrected chi connectivity index (χ1v) is 5.52. The van der Waals surface area contributed by atoms with Gasteiger partial charge in [0, 0.05) is 12.8 Å². The van der Waals surface area contributed by atoms with Crippen LogP contribution in [-0.2, 0) is 9.53 Å². The zero-order valence-corrected chi connectivity index (χ0v) is 9.58. The Balaban J connectivity index is 3.44. The molecular formula is C12H20O3. The zero-order chi connectivity index (χ0) is 11.5. The van der Waals surface area contributed by atoms with Crippen LogP contribution in [0.4, 0.5) is 0 Å². The van der Waals surface area contributed by atoms with Crippen LogP contribution < -0.4 is 0 Å². The summed E-state index contributed by atoms with van der Waals surface area (Å²) >= 11 is 0. The predicted molar refractivity (Wildman–Crippen MR) is 59.2 cm³/mol. The van der Waals surface area contributed by atoms with Crippen LogP contribution in [0.25, 0.3) is 0 Å². The lowest BCUT2D eigenvalue weighted by Crippen LogP contribution is -2.22. The van der Waals surface area contributed by atoms with E-state index in [2.05, 4.69) is 18.8 Å². The van der Waals surface area contributed by atoms with Crippen molar-refractivity contribution in [1.82, 2.24) is 0 Å². The van der Waals surface area contributed by atoms with E-state index in [0.29, 0.717) is 12.8 Å². The number of aliphatic hydroxyl groups is 1. The highest BCUT2D eigenvalue weighted by molar-refractivity contribution is 5.74. The Hall–Kier alpha value is -1.01. The lowest BCUT2D eigenvalue weighted by atomic mass is 10.2. The molecule has 0 aromatic rings. The smallest absolute Gasteiger partial charge is 0.334 e. The molecule has 0 aromatic carbocycles. The number of hydrogen-bond acceptors (Lipinski definition) is 3. The van der Waals surface area contributed by atoms with Crippen molar-refractivity contribution >= 4 is 5.97 Å². The van der Waals surface area contributed by atoms with Crippen molar-refractivity contribution in [3.8, 4) is 11.8 Å². The molecule has 15 heavy (non-hydrogen) atoms. The van der Waals surface area contributed by atoms with Gasteiger partial charge < -0.3 is 9.84 Å². The number of carbonyl (C=O) groups excluding carboxylic acids is 1. The normalized spacial score (nSPS) is 11.4. The van der Waals surface area contributed by atoms with Crippen LogP contribution in [0.15, 0.2) is 0 Å². The Bertz CT molecular complexity index is 225. The van der Waals surface area contributed by atoms with Gasteiger partial charge in [-0.2, -0.15) is 0 Å². The number of ether oxygens (including phenoxy) is 1. The van der Waals surface area contributed by atoms with Crippen LogP contribution in [0.5, 0.6) is 0 Å². The van der Waals surface area contributed by atoms with Crippen LogP contribution in [0, 0.1) is 11.8 Å². The van der Waals surface area contributed by atoms with E-state index < -0.39 is 12.1 Å². The summed E-state index contributed by atoms with van der Waals surface area (Å²) in [6, 6.07) is 0.